The van der Waals surface area contributed by atoms with Gasteiger partial charge in [0.05, 0.1) is 16.6 Å². The van der Waals surface area contributed by atoms with Gasteiger partial charge in [0, 0.05) is 7.05 Å². The second-order valence-electron chi connectivity index (χ2n) is 4.77. The van der Waals surface area contributed by atoms with Crippen molar-refractivity contribution in [1.29, 1.82) is 0 Å². The lowest BCUT2D eigenvalue weighted by molar-refractivity contribution is -0.387. The molecule has 0 saturated heterocycles. The molecule has 1 aromatic rings. The summed E-state index contributed by atoms with van der Waals surface area (Å²) < 4.78 is 27.2. The zero-order valence-electron chi connectivity index (χ0n) is 11.4. The van der Waals surface area contributed by atoms with Crippen LogP contribution in [-0.4, -0.2) is 39.4 Å². The first-order valence-electron chi connectivity index (χ1n) is 5.65. The Hall–Kier alpha value is -2.58. The maximum atomic E-state index is 13.7. The Labute approximate surface area is 117 Å². The fraction of sp³-hybridized carbons (Fsp3) is 0.333. The van der Waals surface area contributed by atoms with Crippen LogP contribution in [-0.2, 0) is 4.79 Å². The van der Waals surface area contributed by atoms with Crippen molar-refractivity contribution in [2.75, 3.05) is 7.05 Å². The molecule has 1 rings (SSSR count). The summed E-state index contributed by atoms with van der Waals surface area (Å²) in [7, 11) is 1.11. The van der Waals surface area contributed by atoms with E-state index in [1.165, 1.54) is 13.8 Å². The van der Waals surface area contributed by atoms with E-state index in [1.54, 1.807) is 0 Å². The summed E-state index contributed by atoms with van der Waals surface area (Å²) in [5, 5.41) is 19.5. The van der Waals surface area contributed by atoms with Crippen LogP contribution in [0.3, 0.4) is 0 Å². The van der Waals surface area contributed by atoms with E-state index in [0.29, 0.717) is 11.0 Å². The highest BCUT2D eigenvalue weighted by molar-refractivity contribution is 5.97. The van der Waals surface area contributed by atoms with Crippen LogP contribution >= 0.6 is 0 Å². The molecule has 0 saturated carbocycles. The van der Waals surface area contributed by atoms with E-state index in [1.807, 2.05) is 0 Å². The molecule has 0 spiro atoms. The number of aliphatic carboxylic acids is 1. The van der Waals surface area contributed by atoms with Crippen molar-refractivity contribution < 1.29 is 28.4 Å². The molecule has 0 atom stereocenters. The van der Waals surface area contributed by atoms with Gasteiger partial charge in [-0.05, 0) is 19.9 Å². The minimum Gasteiger partial charge on any atom is -0.480 e. The van der Waals surface area contributed by atoms with Crippen LogP contribution in [0.5, 0.6) is 0 Å². The van der Waals surface area contributed by atoms with Gasteiger partial charge in [0.2, 0.25) is 5.82 Å². The predicted molar refractivity (Wildman–Crippen MR) is 66.8 cm³/mol. The van der Waals surface area contributed by atoms with Gasteiger partial charge in [0.1, 0.15) is 11.4 Å². The van der Waals surface area contributed by atoms with Gasteiger partial charge in [0.15, 0.2) is 0 Å². The van der Waals surface area contributed by atoms with Gasteiger partial charge in [-0.2, -0.15) is 4.39 Å². The van der Waals surface area contributed by atoms with Crippen LogP contribution in [0.4, 0.5) is 14.5 Å². The molecule has 1 amide bonds. The molecule has 0 radical (unpaired) electrons. The summed E-state index contributed by atoms with van der Waals surface area (Å²) >= 11 is 0. The molecule has 1 N–H and O–H groups in total. The number of nitro groups is 1. The minimum absolute atomic E-state index is 0.282. The molecule has 0 heterocycles. The quantitative estimate of drug-likeness (QED) is 0.675. The largest absolute Gasteiger partial charge is 0.480 e. The number of hydrogen-bond donors (Lipinski definition) is 1. The highest BCUT2D eigenvalue weighted by atomic mass is 19.1. The number of halogens is 2. The number of amides is 1. The fourth-order valence-electron chi connectivity index (χ4n) is 1.42. The lowest BCUT2D eigenvalue weighted by atomic mass is 10.0. The first-order chi connectivity index (χ1) is 9.50. The van der Waals surface area contributed by atoms with E-state index >= 15 is 0 Å². The van der Waals surface area contributed by atoms with Crippen LogP contribution in [0.15, 0.2) is 12.1 Å². The molecule has 1 aromatic carbocycles. The first kappa shape index (κ1) is 16.5. The minimum atomic E-state index is -1.66. The molecule has 0 aliphatic rings. The third-order valence-corrected chi connectivity index (χ3v) is 3.13. The average Bonchev–Trinajstić information content (AvgIpc) is 2.38. The topological polar surface area (TPSA) is 101 Å². The van der Waals surface area contributed by atoms with Crippen LogP contribution in [0, 0.1) is 21.7 Å². The number of rotatable bonds is 4. The Morgan fingerprint density at radius 1 is 1.29 bits per heavy atom. The van der Waals surface area contributed by atoms with Crippen molar-refractivity contribution in [3.05, 3.63) is 39.4 Å². The predicted octanol–water partition coefficient (Wildman–Crippen LogP) is 1.81. The normalized spacial score (nSPS) is 11.1. The van der Waals surface area contributed by atoms with Crippen molar-refractivity contribution >= 4 is 17.6 Å². The molecule has 0 aliphatic carbocycles. The van der Waals surface area contributed by atoms with E-state index in [-0.39, 0.29) is 6.07 Å². The Balaban J connectivity index is 3.29. The molecule has 0 unspecified atom stereocenters. The molecular formula is C12H12F2N2O5. The van der Waals surface area contributed by atoms with E-state index < -0.39 is 45.2 Å². The molecule has 0 aliphatic heterocycles. The van der Waals surface area contributed by atoms with Gasteiger partial charge in [-0.1, -0.05) is 0 Å². The van der Waals surface area contributed by atoms with Gasteiger partial charge in [-0.25, -0.2) is 9.18 Å². The zero-order chi connectivity index (χ0) is 16.5. The number of nitrogens with zero attached hydrogens (tertiary/aromatic N) is 2. The van der Waals surface area contributed by atoms with Gasteiger partial charge in [-0.15, -0.1) is 0 Å². The number of benzene rings is 1. The molecule has 9 heteroatoms. The van der Waals surface area contributed by atoms with Crippen molar-refractivity contribution in [2.45, 2.75) is 19.4 Å². The van der Waals surface area contributed by atoms with E-state index in [0.717, 1.165) is 7.05 Å². The smallest absolute Gasteiger partial charge is 0.329 e. The van der Waals surface area contributed by atoms with Crippen LogP contribution in [0.2, 0.25) is 0 Å². The Morgan fingerprint density at radius 2 is 1.81 bits per heavy atom. The monoisotopic (exact) mass is 302 g/mol. The highest BCUT2D eigenvalue weighted by Crippen LogP contribution is 2.24. The molecule has 0 bridgehead atoms. The average molecular weight is 302 g/mol. The van der Waals surface area contributed by atoms with Crippen molar-refractivity contribution in [3.63, 3.8) is 0 Å². The number of carboxylic acid groups (broad SMARTS) is 1. The summed E-state index contributed by atoms with van der Waals surface area (Å²) in [6.45, 7) is 2.40. The number of carbonyl (C=O) groups is 2. The number of likely N-dealkylation sites (N-methyl/N-ethyl adjacent to an activating group) is 1. The molecule has 0 aromatic heterocycles. The van der Waals surface area contributed by atoms with E-state index in [2.05, 4.69) is 0 Å². The van der Waals surface area contributed by atoms with E-state index in [4.69, 9.17) is 5.11 Å². The summed E-state index contributed by atoms with van der Waals surface area (Å²) in [5.41, 5.74) is -3.55. The maximum absolute atomic E-state index is 13.7. The molecular weight excluding hydrogens is 290 g/mol. The van der Waals surface area contributed by atoms with Crippen LogP contribution in [0.1, 0.15) is 24.2 Å². The van der Waals surface area contributed by atoms with Crippen LogP contribution < -0.4 is 0 Å². The molecule has 7 nitrogen and oxygen atoms in total. The van der Waals surface area contributed by atoms with Gasteiger partial charge in [-0.3, -0.25) is 14.9 Å². The van der Waals surface area contributed by atoms with Crippen molar-refractivity contribution in [2.24, 2.45) is 0 Å². The lowest BCUT2D eigenvalue weighted by Crippen LogP contribution is -2.51. The van der Waals surface area contributed by atoms with Crippen molar-refractivity contribution in [1.82, 2.24) is 4.90 Å². The highest BCUT2D eigenvalue weighted by Gasteiger charge is 2.37. The van der Waals surface area contributed by atoms with E-state index in [9.17, 15) is 28.5 Å². The SMILES string of the molecule is CN(C(=O)c1cc(F)c([N+](=O)[O-])cc1F)C(C)(C)C(=O)O. The van der Waals surface area contributed by atoms with Gasteiger partial charge < -0.3 is 10.0 Å². The summed E-state index contributed by atoms with van der Waals surface area (Å²) in [4.78, 5) is 33.1. The Bertz CT molecular complexity index is 630. The second-order valence-corrected chi connectivity index (χ2v) is 4.77. The second kappa shape index (κ2) is 5.43. The molecule has 114 valence electrons. The number of carbonyl (C=O) groups excluding carboxylic acids is 1. The number of hydrogen-bond acceptors (Lipinski definition) is 4. The zero-order valence-corrected chi connectivity index (χ0v) is 11.4. The van der Waals surface area contributed by atoms with Gasteiger partial charge >= 0.3 is 11.7 Å². The van der Waals surface area contributed by atoms with Crippen molar-refractivity contribution in [3.8, 4) is 0 Å². The summed E-state index contributed by atoms with van der Waals surface area (Å²) in [5.74, 6) is -5.14. The van der Waals surface area contributed by atoms with Gasteiger partial charge in [0.25, 0.3) is 5.91 Å². The standard InChI is InChI=1S/C12H12F2N2O5/c1-12(2,11(18)19)15(3)10(17)6-4-8(14)9(16(20)21)5-7(6)13/h4-5H,1-3H3,(H,18,19). The number of nitro benzene ring substituents is 1. The molecule has 21 heavy (non-hydrogen) atoms. The third kappa shape index (κ3) is 2.96. The third-order valence-electron chi connectivity index (χ3n) is 3.13. The summed E-state index contributed by atoms with van der Waals surface area (Å²) in [6, 6.07) is 0.661. The fourth-order valence-corrected chi connectivity index (χ4v) is 1.42. The Morgan fingerprint density at radius 3 is 2.24 bits per heavy atom. The first-order valence-corrected chi connectivity index (χ1v) is 5.65. The lowest BCUT2D eigenvalue weighted by Gasteiger charge is -2.31. The number of carboxylic acids is 1. The maximum Gasteiger partial charge on any atom is 0.329 e. The van der Waals surface area contributed by atoms with Crippen LogP contribution in [0.25, 0.3) is 0 Å². The molecule has 0 fully saturated rings. The summed E-state index contributed by atoms with van der Waals surface area (Å²) in [6.07, 6.45) is 0. The Kier molecular flexibility index (Phi) is 4.26.